The number of carbonyl (C=O) groups excluding carboxylic acids is 1. The van der Waals surface area contributed by atoms with Gasteiger partial charge in [0.05, 0.1) is 11.4 Å². The van der Waals surface area contributed by atoms with Crippen molar-refractivity contribution in [2.75, 3.05) is 0 Å². The van der Waals surface area contributed by atoms with Crippen LogP contribution in [0.15, 0.2) is 66.2 Å². The third-order valence-electron chi connectivity index (χ3n) is 4.00. The number of halogens is 1. The third-order valence-corrected chi connectivity index (χ3v) is 4.36. The highest BCUT2D eigenvalue weighted by Crippen LogP contribution is 2.25. The van der Waals surface area contributed by atoms with Crippen molar-refractivity contribution in [1.29, 1.82) is 5.26 Å². The summed E-state index contributed by atoms with van der Waals surface area (Å²) < 4.78 is 1.58. The van der Waals surface area contributed by atoms with E-state index in [1.54, 1.807) is 11.6 Å². The van der Waals surface area contributed by atoms with Gasteiger partial charge in [-0.05, 0) is 30.7 Å². The van der Waals surface area contributed by atoms with Gasteiger partial charge in [-0.15, -0.1) is 0 Å². The fourth-order valence-electron chi connectivity index (χ4n) is 2.58. The molecular weight excluding hydrogens is 360 g/mol. The van der Waals surface area contributed by atoms with Crippen LogP contribution in [-0.2, 0) is 11.3 Å². The average Bonchev–Trinajstić information content (AvgIpc) is 2.99. The molecule has 0 aliphatic heterocycles. The molecule has 0 radical (unpaired) electrons. The van der Waals surface area contributed by atoms with Crippen LogP contribution >= 0.6 is 11.6 Å². The number of carbonyl (C=O) groups is 1. The first-order valence-electron chi connectivity index (χ1n) is 8.34. The average molecular weight is 377 g/mol. The Morgan fingerprint density at radius 2 is 1.81 bits per heavy atom. The standard InChI is InChI=1S/C21H17ClN4O/c1-15-19(20(22)26(25-15)18-10-6-3-7-11-18)12-17(13-23)21(27)24-14-16-8-4-2-5-9-16/h2-12H,14H2,1H3,(H,24,27). The van der Waals surface area contributed by atoms with Gasteiger partial charge in [-0.2, -0.15) is 10.4 Å². The van der Waals surface area contributed by atoms with Gasteiger partial charge in [0.1, 0.15) is 16.8 Å². The van der Waals surface area contributed by atoms with Crippen LogP contribution in [0.3, 0.4) is 0 Å². The van der Waals surface area contributed by atoms with Gasteiger partial charge in [0.15, 0.2) is 0 Å². The Balaban J connectivity index is 1.84. The number of hydrogen-bond donors (Lipinski definition) is 1. The molecule has 134 valence electrons. The molecule has 1 heterocycles. The van der Waals surface area contributed by atoms with Crippen LogP contribution < -0.4 is 5.32 Å². The van der Waals surface area contributed by atoms with Crippen molar-refractivity contribution in [1.82, 2.24) is 15.1 Å². The molecule has 0 spiro atoms. The van der Waals surface area contributed by atoms with Gasteiger partial charge < -0.3 is 5.32 Å². The fraction of sp³-hybridized carbons (Fsp3) is 0.0952. The molecule has 6 heteroatoms. The number of aryl methyl sites for hydroxylation is 1. The second-order valence-corrected chi connectivity index (χ2v) is 6.23. The molecule has 0 saturated heterocycles. The summed E-state index contributed by atoms with van der Waals surface area (Å²) in [6, 6.07) is 20.9. The monoisotopic (exact) mass is 376 g/mol. The normalized spacial score (nSPS) is 11.1. The topological polar surface area (TPSA) is 70.7 Å². The van der Waals surface area contributed by atoms with E-state index >= 15 is 0 Å². The predicted octanol–water partition coefficient (Wildman–Crippen LogP) is 4.06. The Bertz CT molecular complexity index is 1020. The van der Waals surface area contributed by atoms with Crippen molar-refractivity contribution in [2.45, 2.75) is 13.5 Å². The van der Waals surface area contributed by atoms with Gasteiger partial charge in [-0.3, -0.25) is 4.79 Å². The summed E-state index contributed by atoms with van der Waals surface area (Å²) in [5.74, 6) is -0.454. The smallest absolute Gasteiger partial charge is 0.262 e. The first kappa shape index (κ1) is 18.4. The summed E-state index contributed by atoms with van der Waals surface area (Å²) in [6.45, 7) is 2.13. The van der Waals surface area contributed by atoms with Crippen LogP contribution in [0.2, 0.25) is 5.15 Å². The Kier molecular flexibility index (Phi) is 5.70. The Morgan fingerprint density at radius 3 is 2.44 bits per heavy atom. The van der Waals surface area contributed by atoms with Gasteiger partial charge in [0.25, 0.3) is 5.91 Å². The summed E-state index contributed by atoms with van der Waals surface area (Å²) in [7, 11) is 0. The second kappa shape index (κ2) is 8.35. The van der Waals surface area contributed by atoms with Crippen molar-refractivity contribution in [3.8, 4) is 11.8 Å². The molecule has 1 aromatic heterocycles. The van der Waals surface area contributed by atoms with E-state index < -0.39 is 5.91 Å². The lowest BCUT2D eigenvalue weighted by molar-refractivity contribution is -0.117. The molecule has 0 saturated carbocycles. The number of nitriles is 1. The van der Waals surface area contributed by atoms with Crippen LogP contribution in [0.5, 0.6) is 0 Å². The fourth-order valence-corrected chi connectivity index (χ4v) is 2.91. The lowest BCUT2D eigenvalue weighted by Crippen LogP contribution is -2.23. The number of rotatable bonds is 5. The van der Waals surface area contributed by atoms with E-state index in [1.165, 1.54) is 6.08 Å². The Morgan fingerprint density at radius 1 is 1.19 bits per heavy atom. The van der Waals surface area contributed by atoms with Crippen LogP contribution in [0, 0.1) is 18.3 Å². The lowest BCUT2D eigenvalue weighted by atomic mass is 10.1. The van der Waals surface area contributed by atoms with Crippen molar-refractivity contribution in [2.24, 2.45) is 0 Å². The molecule has 0 atom stereocenters. The number of amides is 1. The Labute approximate surface area is 162 Å². The number of hydrogen-bond acceptors (Lipinski definition) is 3. The number of benzene rings is 2. The number of aromatic nitrogens is 2. The molecule has 1 amide bonds. The summed E-state index contributed by atoms with van der Waals surface area (Å²) in [6.07, 6.45) is 1.48. The maximum atomic E-state index is 12.4. The summed E-state index contributed by atoms with van der Waals surface area (Å²) in [4.78, 5) is 12.4. The van der Waals surface area contributed by atoms with Crippen molar-refractivity contribution in [3.63, 3.8) is 0 Å². The van der Waals surface area contributed by atoms with E-state index in [4.69, 9.17) is 11.6 Å². The van der Waals surface area contributed by atoms with Crippen molar-refractivity contribution in [3.05, 3.63) is 88.2 Å². The maximum absolute atomic E-state index is 12.4. The summed E-state index contributed by atoms with van der Waals surface area (Å²) in [5, 5.41) is 16.9. The third kappa shape index (κ3) is 4.25. The minimum absolute atomic E-state index is 0.0245. The van der Waals surface area contributed by atoms with Gasteiger partial charge in [-0.1, -0.05) is 60.1 Å². The van der Waals surface area contributed by atoms with E-state index in [0.29, 0.717) is 23.0 Å². The van der Waals surface area contributed by atoms with Crippen molar-refractivity contribution >= 4 is 23.6 Å². The number of nitrogens with one attached hydrogen (secondary N) is 1. The van der Waals surface area contributed by atoms with E-state index in [0.717, 1.165) is 11.3 Å². The van der Waals surface area contributed by atoms with E-state index in [2.05, 4.69) is 10.4 Å². The van der Waals surface area contributed by atoms with Crippen LogP contribution in [-0.4, -0.2) is 15.7 Å². The molecule has 1 N–H and O–H groups in total. The molecule has 3 rings (SSSR count). The van der Waals surface area contributed by atoms with Crippen molar-refractivity contribution < 1.29 is 4.79 Å². The zero-order valence-electron chi connectivity index (χ0n) is 14.7. The van der Waals surface area contributed by atoms with E-state index in [1.807, 2.05) is 66.7 Å². The van der Waals surface area contributed by atoms with Gasteiger partial charge in [0, 0.05) is 12.1 Å². The minimum Gasteiger partial charge on any atom is -0.347 e. The zero-order valence-corrected chi connectivity index (χ0v) is 15.4. The van der Waals surface area contributed by atoms with Crippen LogP contribution in [0.1, 0.15) is 16.8 Å². The molecule has 2 aromatic carbocycles. The molecule has 3 aromatic rings. The van der Waals surface area contributed by atoms with Gasteiger partial charge >= 0.3 is 0 Å². The molecule has 5 nitrogen and oxygen atoms in total. The second-order valence-electron chi connectivity index (χ2n) is 5.88. The van der Waals surface area contributed by atoms with E-state index in [-0.39, 0.29) is 5.57 Å². The molecule has 27 heavy (non-hydrogen) atoms. The molecular formula is C21H17ClN4O. The highest BCUT2D eigenvalue weighted by molar-refractivity contribution is 6.31. The zero-order chi connectivity index (χ0) is 19.2. The molecule has 0 aliphatic carbocycles. The van der Waals surface area contributed by atoms with Gasteiger partial charge in [0.2, 0.25) is 0 Å². The molecule has 0 bridgehead atoms. The highest BCUT2D eigenvalue weighted by atomic mass is 35.5. The SMILES string of the molecule is Cc1nn(-c2ccccc2)c(Cl)c1C=C(C#N)C(=O)NCc1ccccc1. The summed E-state index contributed by atoms with van der Waals surface area (Å²) in [5.41, 5.74) is 2.91. The maximum Gasteiger partial charge on any atom is 0.262 e. The van der Waals surface area contributed by atoms with E-state index in [9.17, 15) is 10.1 Å². The Hall–Kier alpha value is -3.36. The van der Waals surface area contributed by atoms with Gasteiger partial charge in [-0.25, -0.2) is 4.68 Å². The minimum atomic E-state index is -0.454. The number of para-hydroxylation sites is 1. The summed E-state index contributed by atoms with van der Waals surface area (Å²) >= 11 is 6.46. The largest absolute Gasteiger partial charge is 0.347 e. The number of nitrogens with zero attached hydrogens (tertiary/aromatic N) is 3. The highest BCUT2D eigenvalue weighted by Gasteiger charge is 2.16. The quantitative estimate of drug-likeness (QED) is 0.539. The first-order chi connectivity index (χ1) is 13.1. The molecule has 0 unspecified atom stereocenters. The first-order valence-corrected chi connectivity index (χ1v) is 8.72. The molecule has 0 fully saturated rings. The van der Waals surface area contributed by atoms with Crippen LogP contribution in [0.25, 0.3) is 11.8 Å². The van der Waals surface area contributed by atoms with Crippen LogP contribution in [0.4, 0.5) is 0 Å². The molecule has 0 aliphatic rings. The predicted molar refractivity (Wildman–Crippen MR) is 105 cm³/mol. The lowest BCUT2D eigenvalue weighted by Gasteiger charge is -2.04.